The van der Waals surface area contributed by atoms with E-state index in [-0.39, 0.29) is 16.9 Å². The number of aromatic nitrogens is 2. The quantitative estimate of drug-likeness (QED) is 0.913. The van der Waals surface area contributed by atoms with Crippen LogP contribution in [-0.4, -0.2) is 25.8 Å². The number of aliphatic hydroxyl groups excluding tert-OH is 1. The summed E-state index contributed by atoms with van der Waals surface area (Å²) in [5, 5.41) is 9.54. The third-order valence-corrected chi connectivity index (χ3v) is 4.18. The average molecular weight is 264 g/mol. The summed E-state index contributed by atoms with van der Waals surface area (Å²) in [5.74, 6) is 0.632. The Kier molecular flexibility index (Phi) is 4.04. The molecule has 0 aliphatic rings. The summed E-state index contributed by atoms with van der Waals surface area (Å²) < 4.78 is 1.52. The summed E-state index contributed by atoms with van der Waals surface area (Å²) >= 11 is 1.59. The summed E-state index contributed by atoms with van der Waals surface area (Å²) in [6.45, 7) is 3.73. The highest BCUT2D eigenvalue weighted by atomic mass is 32.2. The van der Waals surface area contributed by atoms with Gasteiger partial charge in [0, 0.05) is 23.3 Å². The van der Waals surface area contributed by atoms with E-state index in [0.717, 1.165) is 5.69 Å². The molecule has 2 atom stereocenters. The Balaban J connectivity index is 2.22. The summed E-state index contributed by atoms with van der Waals surface area (Å²) in [4.78, 5) is 16.3. The molecule has 0 radical (unpaired) electrons. The molecular weight excluding hydrogens is 248 g/mol. The lowest BCUT2D eigenvalue weighted by Gasteiger charge is -2.13. The Hall–Kier alpha value is -1.33. The fourth-order valence-corrected chi connectivity index (χ4v) is 2.39. The molecule has 2 aromatic rings. The van der Waals surface area contributed by atoms with Crippen LogP contribution in [0.5, 0.6) is 0 Å². The first-order chi connectivity index (χ1) is 8.58. The van der Waals surface area contributed by atoms with Crippen molar-refractivity contribution in [3.63, 3.8) is 0 Å². The van der Waals surface area contributed by atoms with Gasteiger partial charge in [-0.3, -0.25) is 9.20 Å². The van der Waals surface area contributed by atoms with Crippen LogP contribution in [0.2, 0.25) is 0 Å². The molecule has 2 unspecified atom stereocenters. The second-order valence-corrected chi connectivity index (χ2v) is 5.64. The third kappa shape index (κ3) is 2.91. The van der Waals surface area contributed by atoms with Crippen molar-refractivity contribution >= 4 is 17.4 Å². The molecule has 1 N–H and O–H groups in total. The lowest BCUT2D eigenvalue weighted by atomic mass is 10.3. The van der Waals surface area contributed by atoms with Gasteiger partial charge in [0.05, 0.1) is 11.8 Å². The first-order valence-electron chi connectivity index (χ1n) is 5.85. The van der Waals surface area contributed by atoms with Gasteiger partial charge in [-0.25, -0.2) is 4.98 Å². The van der Waals surface area contributed by atoms with Gasteiger partial charge < -0.3 is 5.11 Å². The second kappa shape index (κ2) is 5.54. The monoisotopic (exact) mass is 264 g/mol. The Morgan fingerprint density at radius 2 is 2.22 bits per heavy atom. The number of aliphatic hydroxyl groups is 1. The Morgan fingerprint density at radius 3 is 2.94 bits per heavy atom. The molecule has 0 fully saturated rings. The largest absolute Gasteiger partial charge is 0.392 e. The standard InChI is InChI=1S/C13H16N2O2S/c1-9(16)10(2)18-8-11-7-13(17)15-6-4-3-5-12(15)14-11/h3-7,9-10,16H,8H2,1-2H3. The van der Waals surface area contributed by atoms with Gasteiger partial charge in [-0.2, -0.15) is 0 Å². The molecule has 2 aromatic heterocycles. The SMILES string of the molecule is CC(O)C(C)SCc1cc(=O)n2ccccc2n1. The summed E-state index contributed by atoms with van der Waals surface area (Å²) in [6.07, 6.45) is 1.34. The van der Waals surface area contributed by atoms with Gasteiger partial charge in [0.2, 0.25) is 0 Å². The van der Waals surface area contributed by atoms with Crippen LogP contribution in [0.15, 0.2) is 35.3 Å². The van der Waals surface area contributed by atoms with Gasteiger partial charge in [0.25, 0.3) is 5.56 Å². The van der Waals surface area contributed by atoms with Crippen molar-refractivity contribution in [3.8, 4) is 0 Å². The maximum Gasteiger partial charge on any atom is 0.258 e. The fourth-order valence-electron chi connectivity index (χ4n) is 1.53. The predicted octanol–water partition coefficient (Wildman–Crippen LogP) is 1.70. The smallest absolute Gasteiger partial charge is 0.258 e. The number of pyridine rings is 1. The molecule has 0 amide bonds. The minimum Gasteiger partial charge on any atom is -0.392 e. The van der Waals surface area contributed by atoms with E-state index in [1.54, 1.807) is 37.0 Å². The number of thioether (sulfide) groups is 1. The average Bonchev–Trinajstić information content (AvgIpc) is 2.36. The molecule has 0 saturated heterocycles. The number of hydrogen-bond donors (Lipinski definition) is 1. The van der Waals surface area contributed by atoms with Crippen LogP contribution in [0.3, 0.4) is 0 Å². The zero-order valence-electron chi connectivity index (χ0n) is 10.4. The van der Waals surface area contributed by atoms with E-state index in [1.807, 2.05) is 19.1 Å². The highest BCUT2D eigenvalue weighted by Crippen LogP contribution is 2.18. The van der Waals surface area contributed by atoms with Crippen molar-refractivity contribution in [2.45, 2.75) is 31.0 Å². The van der Waals surface area contributed by atoms with Crippen LogP contribution in [0.1, 0.15) is 19.5 Å². The predicted molar refractivity (Wildman–Crippen MR) is 73.9 cm³/mol. The van der Waals surface area contributed by atoms with Crippen molar-refractivity contribution in [2.75, 3.05) is 0 Å². The molecule has 18 heavy (non-hydrogen) atoms. The molecule has 0 spiro atoms. The van der Waals surface area contributed by atoms with Crippen LogP contribution >= 0.6 is 11.8 Å². The number of fused-ring (bicyclic) bond motifs is 1. The van der Waals surface area contributed by atoms with Crippen LogP contribution < -0.4 is 5.56 Å². The molecule has 0 saturated carbocycles. The van der Waals surface area contributed by atoms with Crippen molar-refractivity contribution < 1.29 is 5.11 Å². The topological polar surface area (TPSA) is 54.6 Å². The lowest BCUT2D eigenvalue weighted by molar-refractivity contribution is 0.196. The zero-order valence-corrected chi connectivity index (χ0v) is 11.2. The second-order valence-electron chi connectivity index (χ2n) is 4.27. The van der Waals surface area contributed by atoms with E-state index in [2.05, 4.69) is 4.98 Å². The Bertz CT molecular complexity index is 595. The zero-order chi connectivity index (χ0) is 13.1. The third-order valence-electron chi connectivity index (χ3n) is 2.80. The number of rotatable bonds is 4. The highest BCUT2D eigenvalue weighted by Gasteiger charge is 2.10. The van der Waals surface area contributed by atoms with Gasteiger partial charge in [0.1, 0.15) is 5.65 Å². The first kappa shape index (κ1) is 13.1. The summed E-state index contributed by atoms with van der Waals surface area (Å²) in [7, 11) is 0. The minimum absolute atomic E-state index is 0.0686. The molecule has 0 aromatic carbocycles. The van der Waals surface area contributed by atoms with Crippen LogP contribution in [-0.2, 0) is 5.75 Å². The van der Waals surface area contributed by atoms with Gasteiger partial charge >= 0.3 is 0 Å². The molecule has 2 heterocycles. The van der Waals surface area contributed by atoms with Gasteiger partial charge in [-0.1, -0.05) is 13.0 Å². The van der Waals surface area contributed by atoms with Gasteiger partial charge in [0.15, 0.2) is 0 Å². The molecule has 4 nitrogen and oxygen atoms in total. The molecule has 2 rings (SSSR count). The normalized spacial score (nSPS) is 14.6. The maximum atomic E-state index is 11.8. The maximum absolute atomic E-state index is 11.8. The molecular formula is C13H16N2O2S. The van der Waals surface area contributed by atoms with Gasteiger partial charge in [-0.05, 0) is 19.1 Å². The molecule has 0 aliphatic carbocycles. The fraction of sp³-hybridized carbons (Fsp3) is 0.385. The minimum atomic E-state index is -0.364. The van der Waals surface area contributed by atoms with Crippen molar-refractivity contribution in [2.24, 2.45) is 0 Å². The molecule has 5 heteroatoms. The van der Waals surface area contributed by atoms with Crippen molar-refractivity contribution in [1.29, 1.82) is 0 Å². The molecule has 0 aliphatic heterocycles. The summed E-state index contributed by atoms with van der Waals surface area (Å²) in [6, 6.07) is 7.03. The number of hydrogen-bond acceptors (Lipinski definition) is 4. The molecule has 96 valence electrons. The van der Waals surface area contributed by atoms with E-state index < -0.39 is 0 Å². The Morgan fingerprint density at radius 1 is 1.44 bits per heavy atom. The van der Waals surface area contributed by atoms with E-state index in [9.17, 15) is 9.90 Å². The van der Waals surface area contributed by atoms with E-state index >= 15 is 0 Å². The summed E-state index contributed by atoms with van der Waals surface area (Å²) in [5.41, 5.74) is 1.34. The molecule has 0 bridgehead atoms. The van der Waals surface area contributed by atoms with E-state index in [1.165, 1.54) is 4.40 Å². The van der Waals surface area contributed by atoms with Crippen molar-refractivity contribution in [1.82, 2.24) is 9.38 Å². The van der Waals surface area contributed by atoms with Crippen LogP contribution in [0, 0.1) is 0 Å². The number of nitrogens with zero attached hydrogens (tertiary/aromatic N) is 2. The van der Waals surface area contributed by atoms with Crippen molar-refractivity contribution in [3.05, 3.63) is 46.5 Å². The van der Waals surface area contributed by atoms with E-state index in [4.69, 9.17) is 0 Å². The lowest BCUT2D eigenvalue weighted by Crippen LogP contribution is -2.17. The highest BCUT2D eigenvalue weighted by molar-refractivity contribution is 7.99. The van der Waals surface area contributed by atoms with Crippen LogP contribution in [0.4, 0.5) is 0 Å². The van der Waals surface area contributed by atoms with E-state index in [0.29, 0.717) is 11.4 Å². The first-order valence-corrected chi connectivity index (χ1v) is 6.90. The van der Waals surface area contributed by atoms with Crippen LogP contribution in [0.25, 0.3) is 5.65 Å². The van der Waals surface area contributed by atoms with Gasteiger partial charge in [-0.15, -0.1) is 11.8 Å². The Labute approximate surface area is 110 Å².